The van der Waals surface area contributed by atoms with Gasteiger partial charge in [0.25, 0.3) is 0 Å². The zero-order valence-corrected chi connectivity index (χ0v) is 8.46. The summed E-state index contributed by atoms with van der Waals surface area (Å²) < 4.78 is 0. The van der Waals surface area contributed by atoms with E-state index in [2.05, 4.69) is 23.0 Å². The zero-order chi connectivity index (χ0) is 8.81. The van der Waals surface area contributed by atoms with Crippen LogP contribution < -0.4 is 12.4 Å². The molecule has 13 heavy (non-hydrogen) atoms. The van der Waals surface area contributed by atoms with Crippen LogP contribution in [0.4, 0.5) is 0 Å². The normalized spacial score (nSPS) is 9.00. The van der Waals surface area contributed by atoms with E-state index in [4.69, 9.17) is 6.42 Å². The van der Waals surface area contributed by atoms with Gasteiger partial charge < -0.3 is 12.4 Å². The van der Waals surface area contributed by atoms with Crippen LogP contribution in [0, 0.1) is 12.3 Å². The van der Waals surface area contributed by atoms with E-state index in [0.29, 0.717) is 6.54 Å². The molecule has 0 bridgehead atoms. The first-order valence-corrected chi connectivity index (χ1v) is 3.99. The van der Waals surface area contributed by atoms with Crippen molar-refractivity contribution in [2.24, 2.45) is 0 Å². The molecular formula is C11H13ClN-. The van der Waals surface area contributed by atoms with Crippen molar-refractivity contribution in [1.29, 1.82) is 0 Å². The van der Waals surface area contributed by atoms with Crippen molar-refractivity contribution in [2.75, 3.05) is 13.6 Å². The van der Waals surface area contributed by atoms with Crippen LogP contribution in [0.5, 0.6) is 0 Å². The topological polar surface area (TPSA) is 3.24 Å². The van der Waals surface area contributed by atoms with Crippen LogP contribution in [0.15, 0.2) is 30.3 Å². The number of rotatable bonds is 3. The Morgan fingerprint density at radius 2 is 1.92 bits per heavy atom. The molecule has 2 heteroatoms. The Kier molecular flexibility index (Phi) is 6.05. The van der Waals surface area contributed by atoms with Crippen LogP contribution in [0.1, 0.15) is 5.56 Å². The summed E-state index contributed by atoms with van der Waals surface area (Å²) in [4.78, 5) is 2.11. The maximum atomic E-state index is 5.19. The van der Waals surface area contributed by atoms with Gasteiger partial charge in [-0.05, 0) is 12.6 Å². The summed E-state index contributed by atoms with van der Waals surface area (Å²) in [7, 11) is 2.02. The van der Waals surface area contributed by atoms with Gasteiger partial charge in [-0.15, -0.1) is 6.42 Å². The van der Waals surface area contributed by atoms with Gasteiger partial charge in [0, 0.05) is 6.54 Å². The Morgan fingerprint density at radius 3 is 2.46 bits per heavy atom. The lowest BCUT2D eigenvalue weighted by Crippen LogP contribution is -3.00. The van der Waals surface area contributed by atoms with E-state index in [9.17, 15) is 0 Å². The third kappa shape index (κ3) is 4.57. The monoisotopic (exact) mass is 194 g/mol. The summed E-state index contributed by atoms with van der Waals surface area (Å²) in [6.45, 7) is 1.62. The van der Waals surface area contributed by atoms with Crippen molar-refractivity contribution in [3.05, 3.63) is 35.9 Å². The molecule has 0 amide bonds. The van der Waals surface area contributed by atoms with Crippen LogP contribution in [-0.4, -0.2) is 18.5 Å². The minimum atomic E-state index is 0. The molecular weight excluding hydrogens is 182 g/mol. The molecule has 0 saturated carbocycles. The Labute approximate surface area is 86.2 Å². The average Bonchev–Trinajstić information content (AvgIpc) is 2.06. The number of halogens is 1. The summed E-state index contributed by atoms with van der Waals surface area (Å²) in [6.07, 6.45) is 5.19. The second-order valence-corrected chi connectivity index (χ2v) is 2.86. The quantitative estimate of drug-likeness (QED) is 0.544. The molecule has 0 aliphatic carbocycles. The lowest BCUT2D eigenvalue weighted by atomic mass is 10.2. The van der Waals surface area contributed by atoms with E-state index in [1.54, 1.807) is 0 Å². The van der Waals surface area contributed by atoms with Gasteiger partial charge in [-0.1, -0.05) is 36.3 Å². The number of nitrogens with zero attached hydrogens (tertiary/aromatic N) is 1. The van der Waals surface area contributed by atoms with Crippen molar-refractivity contribution in [3.8, 4) is 12.3 Å². The van der Waals surface area contributed by atoms with Crippen LogP contribution in [0.3, 0.4) is 0 Å². The van der Waals surface area contributed by atoms with Crippen molar-refractivity contribution >= 4 is 0 Å². The molecule has 1 aromatic carbocycles. The third-order valence-electron chi connectivity index (χ3n) is 1.66. The second kappa shape index (κ2) is 6.54. The molecule has 1 nitrogen and oxygen atoms in total. The van der Waals surface area contributed by atoms with Gasteiger partial charge in [0.1, 0.15) is 0 Å². The highest BCUT2D eigenvalue weighted by Crippen LogP contribution is 2.01. The van der Waals surface area contributed by atoms with E-state index in [1.807, 2.05) is 25.2 Å². The molecule has 0 fully saturated rings. The standard InChI is InChI=1S/C11H13N.ClH/c1-3-9-12(2)10-11-7-5-4-6-8-11;/h1,4-8H,9-10H2,2H3;1H/p-1. The first-order chi connectivity index (χ1) is 5.83. The van der Waals surface area contributed by atoms with Crippen molar-refractivity contribution in [3.63, 3.8) is 0 Å². The lowest BCUT2D eigenvalue weighted by Gasteiger charge is -2.12. The van der Waals surface area contributed by atoms with Gasteiger partial charge in [-0.2, -0.15) is 0 Å². The number of hydrogen-bond acceptors (Lipinski definition) is 1. The number of benzene rings is 1. The van der Waals surface area contributed by atoms with Crippen molar-refractivity contribution in [1.82, 2.24) is 4.90 Å². The van der Waals surface area contributed by atoms with Crippen molar-refractivity contribution in [2.45, 2.75) is 6.54 Å². The Hall–Kier alpha value is -0.970. The zero-order valence-electron chi connectivity index (χ0n) is 7.70. The predicted molar refractivity (Wildman–Crippen MR) is 51.6 cm³/mol. The maximum absolute atomic E-state index is 5.19. The van der Waals surface area contributed by atoms with Gasteiger partial charge in [-0.25, -0.2) is 0 Å². The van der Waals surface area contributed by atoms with Crippen LogP contribution in [-0.2, 0) is 6.54 Å². The van der Waals surface area contributed by atoms with Gasteiger partial charge >= 0.3 is 0 Å². The Balaban J connectivity index is 0.00000144. The van der Waals surface area contributed by atoms with Gasteiger partial charge in [0.2, 0.25) is 0 Å². The molecule has 0 heterocycles. The SMILES string of the molecule is C#CCN(C)Cc1ccccc1.[Cl-]. The van der Waals surface area contributed by atoms with Crippen LogP contribution >= 0.6 is 0 Å². The number of hydrogen-bond donors (Lipinski definition) is 0. The molecule has 70 valence electrons. The minimum Gasteiger partial charge on any atom is -1.00 e. The fraction of sp³-hybridized carbons (Fsp3) is 0.273. The molecule has 0 aliphatic rings. The van der Waals surface area contributed by atoms with Gasteiger partial charge in [-0.3, -0.25) is 4.90 Å². The first-order valence-electron chi connectivity index (χ1n) is 3.99. The highest BCUT2D eigenvalue weighted by atomic mass is 35.5. The summed E-state index contributed by atoms with van der Waals surface area (Å²) in [5.74, 6) is 2.61. The Bertz CT molecular complexity index is 263. The molecule has 0 radical (unpaired) electrons. The van der Waals surface area contributed by atoms with Gasteiger partial charge in [0.15, 0.2) is 0 Å². The smallest absolute Gasteiger partial charge is 0.0599 e. The molecule has 0 unspecified atom stereocenters. The number of terminal acetylenes is 1. The predicted octanol–water partition coefficient (Wildman–Crippen LogP) is -1.24. The summed E-state index contributed by atoms with van der Waals surface area (Å²) in [5, 5.41) is 0. The molecule has 0 aliphatic heterocycles. The molecule has 0 spiro atoms. The van der Waals surface area contributed by atoms with E-state index >= 15 is 0 Å². The Morgan fingerprint density at radius 1 is 1.31 bits per heavy atom. The fourth-order valence-electron chi connectivity index (χ4n) is 1.11. The van der Waals surface area contributed by atoms with Gasteiger partial charge in [0.05, 0.1) is 6.54 Å². The molecule has 0 saturated heterocycles. The molecule has 1 rings (SSSR count). The van der Waals surface area contributed by atoms with E-state index in [-0.39, 0.29) is 12.4 Å². The van der Waals surface area contributed by atoms with E-state index in [1.165, 1.54) is 5.56 Å². The highest BCUT2D eigenvalue weighted by molar-refractivity contribution is 5.14. The summed E-state index contributed by atoms with van der Waals surface area (Å²) in [6, 6.07) is 10.3. The minimum absolute atomic E-state index is 0. The van der Waals surface area contributed by atoms with E-state index in [0.717, 1.165) is 6.54 Å². The lowest BCUT2D eigenvalue weighted by molar-refractivity contribution is -0.00000255. The van der Waals surface area contributed by atoms with E-state index < -0.39 is 0 Å². The van der Waals surface area contributed by atoms with Crippen molar-refractivity contribution < 1.29 is 12.4 Å². The molecule has 0 N–H and O–H groups in total. The molecule has 1 aromatic rings. The fourth-order valence-corrected chi connectivity index (χ4v) is 1.11. The second-order valence-electron chi connectivity index (χ2n) is 2.86. The summed E-state index contributed by atoms with van der Waals surface area (Å²) in [5.41, 5.74) is 1.30. The average molecular weight is 195 g/mol. The third-order valence-corrected chi connectivity index (χ3v) is 1.66. The molecule has 0 atom stereocenters. The maximum Gasteiger partial charge on any atom is 0.0599 e. The van der Waals surface area contributed by atoms with Crippen LogP contribution in [0.25, 0.3) is 0 Å². The summed E-state index contributed by atoms with van der Waals surface area (Å²) >= 11 is 0. The highest BCUT2D eigenvalue weighted by Gasteiger charge is 1.95. The largest absolute Gasteiger partial charge is 1.00 e. The van der Waals surface area contributed by atoms with Crippen LogP contribution in [0.2, 0.25) is 0 Å². The molecule has 0 aromatic heterocycles. The first kappa shape index (κ1) is 12.0.